The molecule has 0 spiro atoms. The lowest BCUT2D eigenvalue weighted by atomic mass is 10.0. The van der Waals surface area contributed by atoms with Gasteiger partial charge in [0.1, 0.15) is 0 Å². The number of rotatable bonds is 2. The molecule has 0 aromatic heterocycles. The molecule has 1 fully saturated rings. The Bertz CT molecular complexity index is 195. The van der Waals surface area contributed by atoms with E-state index in [-0.39, 0.29) is 6.04 Å². The van der Waals surface area contributed by atoms with Crippen molar-refractivity contribution in [1.29, 1.82) is 5.26 Å². The van der Waals surface area contributed by atoms with Crippen LogP contribution in [0.3, 0.4) is 0 Å². The van der Waals surface area contributed by atoms with E-state index in [4.69, 9.17) is 16.9 Å². The minimum Gasteiger partial charge on any atom is -0.284 e. The molecule has 66 valence electrons. The van der Waals surface area contributed by atoms with E-state index in [1.807, 2.05) is 6.08 Å². The van der Waals surface area contributed by atoms with Gasteiger partial charge in [0.15, 0.2) is 0 Å². The highest BCUT2D eigenvalue weighted by atomic mass is 35.5. The van der Waals surface area contributed by atoms with Gasteiger partial charge in [-0.15, -0.1) is 0 Å². The Labute approximate surface area is 78.4 Å². The largest absolute Gasteiger partial charge is 0.284 e. The van der Waals surface area contributed by atoms with Crippen LogP contribution in [0.2, 0.25) is 0 Å². The quantitative estimate of drug-likeness (QED) is 0.658. The first kappa shape index (κ1) is 9.57. The first-order chi connectivity index (χ1) is 5.88. The molecule has 0 bridgehead atoms. The van der Waals surface area contributed by atoms with Crippen LogP contribution in [-0.4, -0.2) is 24.0 Å². The van der Waals surface area contributed by atoms with E-state index in [1.165, 1.54) is 18.4 Å². The molecule has 1 heterocycles. The molecule has 0 saturated carbocycles. The van der Waals surface area contributed by atoms with Crippen LogP contribution in [0.5, 0.6) is 0 Å². The van der Waals surface area contributed by atoms with E-state index < -0.39 is 0 Å². The lowest BCUT2D eigenvalue weighted by molar-refractivity contribution is 0.204. The number of nitrogens with zero attached hydrogens (tertiary/aromatic N) is 2. The summed E-state index contributed by atoms with van der Waals surface area (Å²) in [4.78, 5) is 2.17. The fourth-order valence-corrected chi connectivity index (χ4v) is 1.61. The highest BCUT2D eigenvalue weighted by molar-refractivity contribution is 6.25. The van der Waals surface area contributed by atoms with Gasteiger partial charge in [-0.3, -0.25) is 4.90 Å². The molecular formula is C9H13ClN2. The molecule has 1 aliphatic heterocycles. The van der Waals surface area contributed by atoms with E-state index in [9.17, 15) is 0 Å². The van der Waals surface area contributed by atoms with Gasteiger partial charge in [0.2, 0.25) is 0 Å². The summed E-state index contributed by atoms with van der Waals surface area (Å²) in [5.41, 5.74) is 1.52. The standard InChI is InChI=1S/C9H13ClN2/c10-5-3-7-12-6-2-1-4-9(12)8-11/h3,5,9H,1-2,4,6-7H2/b5-3+. The van der Waals surface area contributed by atoms with Crippen molar-refractivity contribution in [3.63, 3.8) is 0 Å². The Kier molecular flexibility index (Phi) is 4.13. The Morgan fingerprint density at radius 3 is 3.08 bits per heavy atom. The summed E-state index contributed by atoms with van der Waals surface area (Å²) < 4.78 is 0. The molecule has 0 radical (unpaired) electrons. The second kappa shape index (κ2) is 5.18. The van der Waals surface area contributed by atoms with E-state index in [1.54, 1.807) is 0 Å². The maximum atomic E-state index is 8.81. The fraction of sp³-hybridized carbons (Fsp3) is 0.667. The zero-order valence-corrected chi connectivity index (χ0v) is 7.80. The van der Waals surface area contributed by atoms with Gasteiger partial charge in [0.05, 0.1) is 12.1 Å². The lowest BCUT2D eigenvalue weighted by Crippen LogP contribution is -2.38. The summed E-state index contributed by atoms with van der Waals surface area (Å²) in [5.74, 6) is 0. The molecule has 1 saturated heterocycles. The van der Waals surface area contributed by atoms with Crippen molar-refractivity contribution in [1.82, 2.24) is 4.90 Å². The zero-order valence-electron chi connectivity index (χ0n) is 7.04. The number of piperidine rings is 1. The van der Waals surface area contributed by atoms with E-state index in [0.29, 0.717) is 0 Å². The predicted molar refractivity (Wildman–Crippen MR) is 49.8 cm³/mol. The maximum absolute atomic E-state index is 8.81. The highest BCUT2D eigenvalue weighted by Gasteiger charge is 2.20. The van der Waals surface area contributed by atoms with Gasteiger partial charge in [0.25, 0.3) is 0 Å². The summed E-state index contributed by atoms with van der Waals surface area (Å²) >= 11 is 5.42. The molecule has 0 N–H and O–H groups in total. The second-order valence-corrected chi connectivity index (χ2v) is 3.25. The minimum atomic E-state index is 0.103. The topological polar surface area (TPSA) is 27.0 Å². The monoisotopic (exact) mass is 184 g/mol. The first-order valence-corrected chi connectivity index (χ1v) is 4.71. The number of hydrogen-bond acceptors (Lipinski definition) is 2. The average molecular weight is 185 g/mol. The Balaban J connectivity index is 2.42. The molecule has 1 rings (SSSR count). The summed E-state index contributed by atoms with van der Waals surface area (Å²) in [6, 6.07) is 2.42. The summed E-state index contributed by atoms with van der Waals surface area (Å²) in [6.45, 7) is 1.83. The molecule has 0 amide bonds. The SMILES string of the molecule is N#CC1CCCCN1C/C=C/Cl. The van der Waals surface area contributed by atoms with Crippen LogP contribution in [0.1, 0.15) is 19.3 Å². The van der Waals surface area contributed by atoms with Crippen LogP contribution in [0.4, 0.5) is 0 Å². The van der Waals surface area contributed by atoms with Crippen molar-refractivity contribution >= 4 is 11.6 Å². The third kappa shape index (κ3) is 2.51. The van der Waals surface area contributed by atoms with Crippen molar-refractivity contribution in [2.24, 2.45) is 0 Å². The summed E-state index contributed by atoms with van der Waals surface area (Å²) in [7, 11) is 0. The average Bonchev–Trinajstić information content (AvgIpc) is 2.15. The number of nitriles is 1. The predicted octanol–water partition coefficient (Wildman–Crippen LogP) is 2.12. The third-order valence-corrected chi connectivity index (χ3v) is 2.37. The van der Waals surface area contributed by atoms with Gasteiger partial charge in [-0.1, -0.05) is 17.7 Å². The molecule has 3 heteroatoms. The molecule has 1 aliphatic rings. The van der Waals surface area contributed by atoms with Gasteiger partial charge >= 0.3 is 0 Å². The maximum Gasteiger partial charge on any atom is 0.0980 e. The molecule has 1 atom stereocenters. The Morgan fingerprint density at radius 1 is 1.58 bits per heavy atom. The third-order valence-electron chi connectivity index (χ3n) is 2.19. The first-order valence-electron chi connectivity index (χ1n) is 4.27. The number of halogens is 1. The summed E-state index contributed by atoms with van der Waals surface area (Å²) in [5, 5.41) is 8.81. The van der Waals surface area contributed by atoms with Crippen molar-refractivity contribution in [3.05, 3.63) is 11.6 Å². The lowest BCUT2D eigenvalue weighted by Gasteiger charge is -2.29. The highest BCUT2D eigenvalue weighted by Crippen LogP contribution is 2.15. The van der Waals surface area contributed by atoms with Crippen molar-refractivity contribution < 1.29 is 0 Å². The zero-order chi connectivity index (χ0) is 8.81. The van der Waals surface area contributed by atoms with Crippen LogP contribution in [0, 0.1) is 11.3 Å². The van der Waals surface area contributed by atoms with Crippen molar-refractivity contribution in [3.8, 4) is 6.07 Å². The van der Waals surface area contributed by atoms with Crippen LogP contribution in [0.25, 0.3) is 0 Å². The van der Waals surface area contributed by atoms with E-state index in [0.717, 1.165) is 19.5 Å². The molecule has 2 nitrogen and oxygen atoms in total. The van der Waals surface area contributed by atoms with Crippen LogP contribution >= 0.6 is 11.6 Å². The van der Waals surface area contributed by atoms with Crippen molar-refractivity contribution in [2.75, 3.05) is 13.1 Å². The fourth-order valence-electron chi connectivity index (χ4n) is 1.53. The molecule has 0 aromatic rings. The number of hydrogen-bond donors (Lipinski definition) is 0. The van der Waals surface area contributed by atoms with Crippen LogP contribution in [0.15, 0.2) is 11.6 Å². The molecule has 1 unspecified atom stereocenters. The minimum absolute atomic E-state index is 0.103. The van der Waals surface area contributed by atoms with Gasteiger partial charge < -0.3 is 0 Å². The van der Waals surface area contributed by atoms with Gasteiger partial charge in [0, 0.05) is 12.1 Å². The summed E-state index contributed by atoms with van der Waals surface area (Å²) in [6.07, 6.45) is 5.28. The molecule has 0 aliphatic carbocycles. The normalized spacial score (nSPS) is 25.8. The van der Waals surface area contributed by atoms with Gasteiger partial charge in [-0.2, -0.15) is 5.26 Å². The molecule has 0 aromatic carbocycles. The van der Waals surface area contributed by atoms with Gasteiger partial charge in [-0.25, -0.2) is 0 Å². The molecule has 12 heavy (non-hydrogen) atoms. The smallest absolute Gasteiger partial charge is 0.0980 e. The van der Waals surface area contributed by atoms with Crippen LogP contribution in [-0.2, 0) is 0 Å². The molecular weight excluding hydrogens is 172 g/mol. The van der Waals surface area contributed by atoms with E-state index in [2.05, 4.69) is 11.0 Å². The van der Waals surface area contributed by atoms with Crippen molar-refractivity contribution in [2.45, 2.75) is 25.3 Å². The Morgan fingerprint density at radius 2 is 2.42 bits per heavy atom. The Hall–Kier alpha value is -0.520. The number of likely N-dealkylation sites (tertiary alicyclic amines) is 1. The van der Waals surface area contributed by atoms with Gasteiger partial charge in [-0.05, 0) is 25.8 Å². The second-order valence-electron chi connectivity index (χ2n) is 3.00. The van der Waals surface area contributed by atoms with E-state index >= 15 is 0 Å². The van der Waals surface area contributed by atoms with Crippen LogP contribution < -0.4 is 0 Å².